The molecule has 1 aromatic rings. The smallest absolute Gasteiger partial charge is 0.165 e. The minimum absolute atomic E-state index is 0.316. The number of halogens is 1. The topological polar surface area (TPSA) is 55.5 Å². The summed E-state index contributed by atoms with van der Waals surface area (Å²) < 4.78 is 18.8. The van der Waals surface area contributed by atoms with Crippen molar-refractivity contribution in [2.24, 2.45) is 11.7 Å². The third-order valence-corrected chi connectivity index (χ3v) is 4.04. The fourth-order valence-electron chi connectivity index (χ4n) is 2.61. The van der Waals surface area contributed by atoms with Crippen LogP contribution in [0, 0.1) is 11.7 Å². The Balaban J connectivity index is 1.72. The Labute approximate surface area is 113 Å². The summed E-state index contributed by atoms with van der Waals surface area (Å²) in [4.78, 5) is 0. The van der Waals surface area contributed by atoms with E-state index < -0.39 is 5.60 Å². The van der Waals surface area contributed by atoms with Gasteiger partial charge in [-0.05, 0) is 50.2 Å². The summed E-state index contributed by atoms with van der Waals surface area (Å²) in [5, 5.41) is 10.0. The quantitative estimate of drug-likeness (QED) is 0.861. The third-order valence-electron chi connectivity index (χ3n) is 4.04. The van der Waals surface area contributed by atoms with Crippen LogP contribution in [-0.2, 0) is 0 Å². The molecule has 0 aromatic heterocycles. The first-order chi connectivity index (χ1) is 9.13. The Hall–Kier alpha value is -1.13. The van der Waals surface area contributed by atoms with Gasteiger partial charge in [0.25, 0.3) is 0 Å². The van der Waals surface area contributed by atoms with Gasteiger partial charge in [0, 0.05) is 6.54 Å². The van der Waals surface area contributed by atoms with Gasteiger partial charge in [0.1, 0.15) is 0 Å². The molecule has 0 heterocycles. The fraction of sp³-hybridized carbons (Fsp3) is 0.600. The molecule has 1 fully saturated rings. The zero-order valence-electron chi connectivity index (χ0n) is 11.1. The van der Waals surface area contributed by atoms with Crippen LogP contribution in [0.25, 0.3) is 0 Å². The van der Waals surface area contributed by atoms with Gasteiger partial charge < -0.3 is 15.6 Å². The van der Waals surface area contributed by atoms with Crippen molar-refractivity contribution in [1.29, 1.82) is 0 Å². The van der Waals surface area contributed by atoms with Crippen LogP contribution in [0.1, 0.15) is 32.1 Å². The van der Waals surface area contributed by atoms with Crippen molar-refractivity contribution in [1.82, 2.24) is 0 Å². The normalized spacial score (nSPS) is 27.2. The van der Waals surface area contributed by atoms with Crippen molar-refractivity contribution in [2.75, 3.05) is 13.2 Å². The summed E-state index contributed by atoms with van der Waals surface area (Å²) in [7, 11) is 0. The zero-order chi connectivity index (χ0) is 13.7. The van der Waals surface area contributed by atoms with Crippen LogP contribution >= 0.6 is 0 Å². The first kappa shape index (κ1) is 14.3. The molecule has 106 valence electrons. The number of rotatable bonds is 5. The van der Waals surface area contributed by atoms with E-state index in [2.05, 4.69) is 0 Å². The second-order valence-electron chi connectivity index (χ2n) is 5.44. The van der Waals surface area contributed by atoms with Crippen molar-refractivity contribution in [3.05, 3.63) is 30.1 Å². The highest BCUT2D eigenvalue weighted by Crippen LogP contribution is 2.33. The van der Waals surface area contributed by atoms with Crippen molar-refractivity contribution in [3.63, 3.8) is 0 Å². The van der Waals surface area contributed by atoms with Gasteiger partial charge in [-0.2, -0.15) is 0 Å². The number of benzene rings is 1. The molecular formula is C15H22FNO2. The van der Waals surface area contributed by atoms with E-state index in [1.165, 1.54) is 6.07 Å². The van der Waals surface area contributed by atoms with Crippen LogP contribution in [0.2, 0.25) is 0 Å². The van der Waals surface area contributed by atoms with Gasteiger partial charge in [0.05, 0.1) is 12.2 Å². The molecule has 2 rings (SSSR count). The van der Waals surface area contributed by atoms with Crippen LogP contribution in [0.15, 0.2) is 24.3 Å². The molecule has 3 nitrogen and oxygen atoms in total. The lowest BCUT2D eigenvalue weighted by molar-refractivity contribution is -0.00354. The molecule has 3 N–H and O–H groups in total. The predicted molar refractivity (Wildman–Crippen MR) is 72.5 cm³/mol. The summed E-state index contributed by atoms with van der Waals surface area (Å²) in [5.74, 6) is 0.541. The highest BCUT2D eigenvalue weighted by Gasteiger charge is 2.31. The Morgan fingerprint density at radius 1 is 1.32 bits per heavy atom. The van der Waals surface area contributed by atoms with Crippen LogP contribution in [-0.4, -0.2) is 23.9 Å². The molecule has 0 amide bonds. The average molecular weight is 267 g/mol. The first-order valence-electron chi connectivity index (χ1n) is 6.93. The van der Waals surface area contributed by atoms with Gasteiger partial charge in [-0.3, -0.25) is 0 Å². The van der Waals surface area contributed by atoms with Gasteiger partial charge >= 0.3 is 0 Å². The van der Waals surface area contributed by atoms with Gasteiger partial charge in [0.2, 0.25) is 0 Å². The summed E-state index contributed by atoms with van der Waals surface area (Å²) in [6.45, 7) is 0.859. The van der Waals surface area contributed by atoms with E-state index in [0.717, 1.165) is 32.1 Å². The fourth-order valence-corrected chi connectivity index (χ4v) is 2.61. The molecule has 0 spiro atoms. The maximum atomic E-state index is 13.3. The van der Waals surface area contributed by atoms with Crippen molar-refractivity contribution in [3.8, 4) is 5.75 Å². The lowest BCUT2D eigenvalue weighted by Crippen LogP contribution is -2.41. The maximum absolute atomic E-state index is 13.3. The largest absolute Gasteiger partial charge is 0.491 e. The van der Waals surface area contributed by atoms with Gasteiger partial charge in [0.15, 0.2) is 11.6 Å². The van der Waals surface area contributed by atoms with Gasteiger partial charge in [-0.15, -0.1) is 0 Å². The highest BCUT2D eigenvalue weighted by atomic mass is 19.1. The van der Waals surface area contributed by atoms with E-state index in [1.807, 2.05) is 0 Å². The summed E-state index contributed by atoms with van der Waals surface area (Å²) >= 11 is 0. The minimum Gasteiger partial charge on any atom is -0.491 e. The molecule has 1 aromatic carbocycles. The van der Waals surface area contributed by atoms with Crippen molar-refractivity contribution in [2.45, 2.75) is 37.7 Å². The standard InChI is InChI=1S/C15H22FNO2/c16-13-3-1-2-4-14(13)19-10-7-12-5-8-15(18,11-17)9-6-12/h1-4,12,18H,5-11,17H2. The second-order valence-corrected chi connectivity index (χ2v) is 5.44. The summed E-state index contributed by atoms with van der Waals surface area (Å²) in [6.07, 6.45) is 4.35. The molecule has 1 saturated carbocycles. The van der Waals surface area contributed by atoms with Crippen molar-refractivity contribution < 1.29 is 14.2 Å². The predicted octanol–water partition coefficient (Wildman–Crippen LogP) is 2.47. The number of hydrogen-bond donors (Lipinski definition) is 2. The molecule has 0 unspecified atom stereocenters. The maximum Gasteiger partial charge on any atom is 0.165 e. The van der Waals surface area contributed by atoms with E-state index in [1.54, 1.807) is 18.2 Å². The highest BCUT2D eigenvalue weighted by molar-refractivity contribution is 5.23. The average Bonchev–Trinajstić information content (AvgIpc) is 2.43. The molecule has 0 bridgehead atoms. The zero-order valence-corrected chi connectivity index (χ0v) is 11.1. The lowest BCUT2D eigenvalue weighted by Gasteiger charge is -2.35. The molecule has 0 saturated heterocycles. The van der Waals surface area contributed by atoms with Crippen LogP contribution in [0.3, 0.4) is 0 Å². The van der Waals surface area contributed by atoms with E-state index >= 15 is 0 Å². The number of nitrogens with two attached hydrogens (primary N) is 1. The minimum atomic E-state index is -0.664. The Bertz CT molecular complexity index is 403. The molecule has 1 aliphatic rings. The first-order valence-corrected chi connectivity index (χ1v) is 6.93. The molecule has 4 heteroatoms. The van der Waals surface area contributed by atoms with Crippen LogP contribution in [0.4, 0.5) is 4.39 Å². The Kier molecular flexibility index (Phi) is 4.77. The molecule has 19 heavy (non-hydrogen) atoms. The van der Waals surface area contributed by atoms with E-state index in [4.69, 9.17) is 10.5 Å². The lowest BCUT2D eigenvalue weighted by atomic mass is 9.78. The third kappa shape index (κ3) is 3.91. The Morgan fingerprint density at radius 2 is 2.00 bits per heavy atom. The van der Waals surface area contributed by atoms with Gasteiger partial charge in [-0.1, -0.05) is 12.1 Å². The van der Waals surface area contributed by atoms with Crippen LogP contribution < -0.4 is 10.5 Å². The molecule has 0 atom stereocenters. The van der Waals surface area contributed by atoms with E-state index in [0.29, 0.717) is 24.8 Å². The summed E-state index contributed by atoms with van der Waals surface area (Å²) in [6, 6.07) is 6.46. The number of ether oxygens (including phenoxy) is 1. The van der Waals surface area contributed by atoms with Crippen LogP contribution in [0.5, 0.6) is 5.75 Å². The SMILES string of the molecule is NCC1(O)CCC(CCOc2ccccc2F)CC1. The molecular weight excluding hydrogens is 245 g/mol. The van der Waals surface area contributed by atoms with E-state index in [9.17, 15) is 9.50 Å². The molecule has 0 aliphatic heterocycles. The van der Waals surface area contributed by atoms with E-state index in [-0.39, 0.29) is 5.82 Å². The second kappa shape index (κ2) is 6.35. The van der Waals surface area contributed by atoms with Gasteiger partial charge in [-0.25, -0.2) is 4.39 Å². The molecule has 0 radical (unpaired) electrons. The Morgan fingerprint density at radius 3 is 2.63 bits per heavy atom. The number of hydrogen-bond acceptors (Lipinski definition) is 3. The number of aliphatic hydroxyl groups is 1. The molecule has 1 aliphatic carbocycles. The summed E-state index contributed by atoms with van der Waals surface area (Å²) in [5.41, 5.74) is 4.90. The van der Waals surface area contributed by atoms with Crippen molar-refractivity contribution >= 4 is 0 Å². The number of para-hydroxylation sites is 1. The monoisotopic (exact) mass is 267 g/mol.